The molecule has 0 fully saturated rings. The number of ether oxygens (including phenoxy) is 1. The summed E-state index contributed by atoms with van der Waals surface area (Å²) in [4.78, 5) is 7.60. The van der Waals surface area contributed by atoms with Crippen LogP contribution in [0.2, 0.25) is 0 Å². The summed E-state index contributed by atoms with van der Waals surface area (Å²) < 4.78 is 5.81. The molecule has 3 rings (SSSR count). The lowest BCUT2D eigenvalue weighted by Crippen LogP contribution is -2.36. The van der Waals surface area contributed by atoms with Crippen molar-refractivity contribution in [3.05, 3.63) is 48.0 Å². The van der Waals surface area contributed by atoms with Gasteiger partial charge < -0.3 is 9.72 Å². The summed E-state index contributed by atoms with van der Waals surface area (Å²) in [6, 6.07) is 8.83. The first kappa shape index (κ1) is 13.2. The zero-order valence-corrected chi connectivity index (χ0v) is 12.0. The van der Waals surface area contributed by atoms with Gasteiger partial charge in [-0.3, -0.25) is 5.32 Å². The lowest BCUT2D eigenvalue weighted by Gasteiger charge is -2.34. The van der Waals surface area contributed by atoms with Crippen molar-refractivity contribution in [1.82, 2.24) is 15.3 Å². The maximum atomic E-state index is 5.81. The second-order valence-electron chi connectivity index (χ2n) is 5.41. The number of hydrogen-bond acceptors (Lipinski definition) is 3. The number of rotatable bonds is 4. The topological polar surface area (TPSA) is 49.9 Å². The quantitative estimate of drug-likeness (QED) is 0.897. The van der Waals surface area contributed by atoms with Crippen LogP contribution in [0.3, 0.4) is 0 Å². The van der Waals surface area contributed by atoms with Gasteiger partial charge >= 0.3 is 0 Å². The van der Waals surface area contributed by atoms with Gasteiger partial charge in [0.25, 0.3) is 0 Å². The molecule has 1 aromatic carbocycles. The van der Waals surface area contributed by atoms with Gasteiger partial charge in [0.2, 0.25) is 0 Å². The average molecular weight is 271 g/mol. The maximum absolute atomic E-state index is 5.81. The predicted molar refractivity (Wildman–Crippen MR) is 78.6 cm³/mol. The van der Waals surface area contributed by atoms with Crippen LogP contribution in [0, 0.1) is 5.92 Å². The Hall–Kier alpha value is -1.81. The van der Waals surface area contributed by atoms with Crippen molar-refractivity contribution in [2.45, 2.75) is 32.4 Å². The van der Waals surface area contributed by atoms with E-state index in [0.717, 1.165) is 24.6 Å². The van der Waals surface area contributed by atoms with E-state index in [2.05, 4.69) is 41.3 Å². The van der Waals surface area contributed by atoms with Crippen LogP contribution >= 0.6 is 0 Å². The van der Waals surface area contributed by atoms with Crippen molar-refractivity contribution in [2.24, 2.45) is 5.92 Å². The lowest BCUT2D eigenvalue weighted by atomic mass is 9.91. The second kappa shape index (κ2) is 5.67. The van der Waals surface area contributed by atoms with Crippen LogP contribution in [-0.2, 0) is 0 Å². The summed E-state index contributed by atoms with van der Waals surface area (Å²) in [5, 5.41) is 3.74. The molecule has 4 nitrogen and oxygen atoms in total. The molecule has 3 atom stereocenters. The number of fused-ring (bicyclic) bond motifs is 1. The van der Waals surface area contributed by atoms with E-state index in [-0.39, 0.29) is 6.04 Å². The highest BCUT2D eigenvalue weighted by Crippen LogP contribution is 2.36. The van der Waals surface area contributed by atoms with Crippen molar-refractivity contribution in [3.8, 4) is 5.75 Å². The number of H-pyrrole nitrogens is 1. The molecule has 0 spiro atoms. The zero-order valence-electron chi connectivity index (χ0n) is 12.0. The Labute approximate surface area is 119 Å². The highest BCUT2D eigenvalue weighted by Gasteiger charge is 2.29. The summed E-state index contributed by atoms with van der Waals surface area (Å²) in [5.41, 5.74) is 1.25. The number of imidazole rings is 1. The number of hydrogen-bond donors (Lipinski definition) is 2. The van der Waals surface area contributed by atoms with Crippen LogP contribution in [-0.4, -0.2) is 16.6 Å². The minimum absolute atomic E-state index is 0.239. The van der Waals surface area contributed by atoms with Gasteiger partial charge in [0.05, 0.1) is 12.6 Å². The van der Waals surface area contributed by atoms with Crippen molar-refractivity contribution in [3.63, 3.8) is 0 Å². The fourth-order valence-electron chi connectivity index (χ4n) is 2.82. The molecule has 0 amide bonds. The van der Waals surface area contributed by atoms with Gasteiger partial charge in [-0.15, -0.1) is 0 Å². The number of nitrogens with one attached hydrogen (secondary N) is 2. The molecule has 0 radical (unpaired) electrons. The number of nitrogens with zero attached hydrogens (tertiary/aromatic N) is 1. The summed E-state index contributed by atoms with van der Waals surface area (Å²) in [5.74, 6) is 2.44. The van der Waals surface area contributed by atoms with Crippen LogP contribution in [0.5, 0.6) is 5.75 Å². The molecule has 2 N–H and O–H groups in total. The third-order valence-corrected chi connectivity index (χ3v) is 3.96. The third kappa shape index (κ3) is 2.43. The van der Waals surface area contributed by atoms with Crippen molar-refractivity contribution < 1.29 is 4.74 Å². The molecule has 0 saturated heterocycles. The highest BCUT2D eigenvalue weighted by molar-refractivity contribution is 5.38. The van der Waals surface area contributed by atoms with E-state index < -0.39 is 0 Å². The Morgan fingerprint density at radius 1 is 1.45 bits per heavy atom. The standard InChI is InChI=1S/C16H21N3O/c1-3-13(16-17-8-9-18-16)19-15-11(2)10-20-14-7-5-4-6-12(14)15/h4-9,11,13,15,19H,3,10H2,1-2H3,(H,17,18). The van der Waals surface area contributed by atoms with Gasteiger partial charge in [-0.25, -0.2) is 4.98 Å². The molecule has 1 aromatic heterocycles. The third-order valence-electron chi connectivity index (χ3n) is 3.96. The number of benzene rings is 1. The molecule has 0 bridgehead atoms. The molecule has 2 aromatic rings. The minimum atomic E-state index is 0.239. The average Bonchev–Trinajstić information content (AvgIpc) is 3.00. The molecule has 20 heavy (non-hydrogen) atoms. The molecule has 106 valence electrons. The van der Waals surface area contributed by atoms with Gasteiger partial charge in [-0.2, -0.15) is 0 Å². The molecule has 0 aliphatic carbocycles. The zero-order chi connectivity index (χ0) is 13.9. The Kier molecular flexibility index (Phi) is 3.74. The van der Waals surface area contributed by atoms with Crippen LogP contribution in [0.4, 0.5) is 0 Å². The van der Waals surface area contributed by atoms with Gasteiger partial charge in [0.1, 0.15) is 11.6 Å². The van der Waals surface area contributed by atoms with Gasteiger partial charge in [0.15, 0.2) is 0 Å². The highest BCUT2D eigenvalue weighted by atomic mass is 16.5. The Morgan fingerprint density at radius 3 is 3.05 bits per heavy atom. The smallest absolute Gasteiger partial charge is 0.124 e. The maximum Gasteiger partial charge on any atom is 0.124 e. The van der Waals surface area contributed by atoms with E-state index in [1.807, 2.05) is 18.3 Å². The number of para-hydroxylation sites is 1. The van der Waals surface area contributed by atoms with Gasteiger partial charge in [-0.05, 0) is 12.5 Å². The summed E-state index contributed by atoms with van der Waals surface area (Å²) in [6.45, 7) is 5.15. The fourth-order valence-corrected chi connectivity index (χ4v) is 2.82. The van der Waals surface area contributed by atoms with E-state index in [1.54, 1.807) is 6.20 Å². The lowest BCUT2D eigenvalue weighted by molar-refractivity contribution is 0.178. The summed E-state index contributed by atoms with van der Waals surface area (Å²) in [7, 11) is 0. The molecule has 2 heterocycles. The fraction of sp³-hybridized carbons (Fsp3) is 0.438. The Morgan fingerprint density at radius 2 is 2.30 bits per heavy atom. The normalized spacial score (nSPS) is 22.9. The van der Waals surface area contributed by atoms with Crippen molar-refractivity contribution in [2.75, 3.05) is 6.61 Å². The van der Waals surface area contributed by atoms with Crippen molar-refractivity contribution in [1.29, 1.82) is 0 Å². The molecule has 4 heteroatoms. The first-order valence-electron chi connectivity index (χ1n) is 7.26. The van der Waals surface area contributed by atoms with Crippen LogP contribution in [0.25, 0.3) is 0 Å². The van der Waals surface area contributed by atoms with Crippen LogP contribution in [0.15, 0.2) is 36.7 Å². The van der Waals surface area contributed by atoms with Gasteiger partial charge in [0, 0.05) is 29.9 Å². The monoisotopic (exact) mass is 271 g/mol. The number of aromatic amines is 1. The van der Waals surface area contributed by atoms with Crippen LogP contribution < -0.4 is 10.1 Å². The van der Waals surface area contributed by atoms with E-state index in [9.17, 15) is 0 Å². The molecule has 0 saturated carbocycles. The van der Waals surface area contributed by atoms with E-state index in [4.69, 9.17) is 4.74 Å². The summed E-state index contributed by atoms with van der Waals surface area (Å²) >= 11 is 0. The van der Waals surface area contributed by atoms with E-state index in [1.165, 1.54) is 5.56 Å². The molecule has 1 aliphatic rings. The second-order valence-corrected chi connectivity index (χ2v) is 5.41. The molecular weight excluding hydrogens is 250 g/mol. The first-order chi connectivity index (χ1) is 9.79. The minimum Gasteiger partial charge on any atom is -0.493 e. The molecular formula is C16H21N3O. The largest absolute Gasteiger partial charge is 0.493 e. The van der Waals surface area contributed by atoms with E-state index >= 15 is 0 Å². The van der Waals surface area contributed by atoms with E-state index in [0.29, 0.717) is 12.0 Å². The van der Waals surface area contributed by atoms with Crippen molar-refractivity contribution >= 4 is 0 Å². The van der Waals surface area contributed by atoms with Gasteiger partial charge in [-0.1, -0.05) is 32.0 Å². The Balaban J connectivity index is 1.86. The predicted octanol–water partition coefficient (Wildman–Crippen LogP) is 3.22. The summed E-state index contributed by atoms with van der Waals surface area (Å²) in [6.07, 6.45) is 4.68. The first-order valence-corrected chi connectivity index (χ1v) is 7.26. The molecule has 1 aliphatic heterocycles. The number of aromatic nitrogens is 2. The Bertz CT molecular complexity index is 553. The molecule has 3 unspecified atom stereocenters. The van der Waals surface area contributed by atoms with Crippen LogP contribution in [0.1, 0.15) is 43.7 Å². The SMILES string of the molecule is CCC(NC1c2ccccc2OCC1C)c1ncc[nH]1.